The molecule has 1 aliphatic heterocycles. The molecule has 1 heterocycles. The number of nitrogens with zero attached hydrogens (tertiary/aromatic N) is 2. The van der Waals surface area contributed by atoms with Crippen LogP contribution in [0, 0.1) is 0 Å². The highest BCUT2D eigenvalue weighted by Gasteiger charge is 2.37. The topological polar surface area (TPSA) is 69.7 Å². The predicted molar refractivity (Wildman–Crippen MR) is 114 cm³/mol. The van der Waals surface area contributed by atoms with Gasteiger partial charge < -0.3 is 10.2 Å². The molecule has 0 saturated carbocycles. The van der Waals surface area contributed by atoms with Crippen LogP contribution in [-0.2, 0) is 14.8 Å². The average Bonchev–Trinajstić information content (AvgIpc) is 2.75. The van der Waals surface area contributed by atoms with Crippen LogP contribution in [0.25, 0.3) is 0 Å². The number of hydrogen-bond acceptors (Lipinski definition) is 4. The minimum atomic E-state index is -3.70. The van der Waals surface area contributed by atoms with Gasteiger partial charge in [-0.1, -0.05) is 55.0 Å². The maximum absolute atomic E-state index is 13.1. The maximum Gasteiger partial charge on any atom is 0.243 e. The van der Waals surface area contributed by atoms with Crippen LogP contribution in [0.3, 0.4) is 0 Å². The summed E-state index contributed by atoms with van der Waals surface area (Å²) in [6, 6.07) is 17.7. The number of sulfonamides is 1. The van der Waals surface area contributed by atoms with Crippen LogP contribution >= 0.6 is 0 Å². The van der Waals surface area contributed by atoms with E-state index in [0.717, 1.165) is 18.4 Å². The number of rotatable bonds is 7. The van der Waals surface area contributed by atoms with Crippen molar-refractivity contribution in [2.45, 2.75) is 36.2 Å². The number of nitrogens with one attached hydrogen (secondary N) is 1. The number of amides is 1. The van der Waals surface area contributed by atoms with E-state index in [0.29, 0.717) is 19.5 Å². The van der Waals surface area contributed by atoms with Crippen molar-refractivity contribution < 1.29 is 13.2 Å². The molecule has 29 heavy (non-hydrogen) atoms. The van der Waals surface area contributed by atoms with E-state index in [9.17, 15) is 13.2 Å². The molecule has 2 atom stereocenters. The maximum atomic E-state index is 13.1. The number of hydrogen-bond donors (Lipinski definition) is 1. The second kappa shape index (κ2) is 9.52. The third kappa shape index (κ3) is 5.04. The number of carbonyl (C=O) groups is 1. The molecule has 0 radical (unpaired) electrons. The molecular weight excluding hydrogens is 386 g/mol. The first-order valence-electron chi connectivity index (χ1n) is 9.97. The first-order valence-corrected chi connectivity index (χ1v) is 11.4. The van der Waals surface area contributed by atoms with Crippen molar-refractivity contribution in [1.82, 2.24) is 14.5 Å². The quantitative estimate of drug-likeness (QED) is 0.755. The fourth-order valence-corrected chi connectivity index (χ4v) is 5.45. The largest absolute Gasteiger partial charge is 0.353 e. The molecule has 0 spiro atoms. The summed E-state index contributed by atoms with van der Waals surface area (Å²) in [6.07, 6.45) is 2.14. The number of carbonyl (C=O) groups excluding carboxylic acids is 1. The van der Waals surface area contributed by atoms with E-state index >= 15 is 0 Å². The molecule has 6 nitrogen and oxygen atoms in total. The van der Waals surface area contributed by atoms with Gasteiger partial charge in [-0.25, -0.2) is 8.42 Å². The molecule has 1 fully saturated rings. The van der Waals surface area contributed by atoms with Gasteiger partial charge in [0.05, 0.1) is 10.9 Å². The van der Waals surface area contributed by atoms with Crippen LogP contribution in [0.2, 0.25) is 0 Å². The molecule has 2 aromatic rings. The Morgan fingerprint density at radius 1 is 1.07 bits per heavy atom. The summed E-state index contributed by atoms with van der Waals surface area (Å²) in [5, 5.41) is 3.00. The third-order valence-corrected chi connectivity index (χ3v) is 7.31. The fraction of sp³-hybridized carbons (Fsp3) is 0.409. The van der Waals surface area contributed by atoms with Crippen LogP contribution in [0.15, 0.2) is 65.6 Å². The molecule has 7 heteroatoms. The Morgan fingerprint density at radius 2 is 1.69 bits per heavy atom. The summed E-state index contributed by atoms with van der Waals surface area (Å²) in [5.74, 6) is -0.230. The van der Waals surface area contributed by atoms with Crippen molar-refractivity contribution in [3.05, 3.63) is 66.2 Å². The first kappa shape index (κ1) is 21.5. The Balaban J connectivity index is 1.74. The fourth-order valence-electron chi connectivity index (χ4n) is 3.77. The molecule has 2 aromatic carbocycles. The zero-order valence-corrected chi connectivity index (χ0v) is 17.8. The molecule has 1 saturated heterocycles. The molecule has 0 aromatic heterocycles. The standard InChI is InChI=1S/C22H29N3O3S/c1-24(2)21(18-11-5-3-6-12-18)17-23-22(26)20-15-9-10-16-25(20)29(27,28)19-13-7-4-8-14-19/h3-8,11-14,20-21H,9-10,15-17H2,1-2H3,(H,23,26). The Labute approximate surface area is 173 Å². The lowest BCUT2D eigenvalue weighted by Crippen LogP contribution is -2.52. The zero-order chi connectivity index (χ0) is 20.9. The second-order valence-electron chi connectivity index (χ2n) is 7.58. The molecule has 0 bridgehead atoms. The highest BCUT2D eigenvalue weighted by Crippen LogP contribution is 2.26. The van der Waals surface area contributed by atoms with Crippen LogP contribution in [0.1, 0.15) is 30.9 Å². The lowest BCUT2D eigenvalue weighted by atomic mass is 10.0. The Morgan fingerprint density at radius 3 is 2.31 bits per heavy atom. The zero-order valence-electron chi connectivity index (χ0n) is 17.0. The number of benzene rings is 2. The molecule has 3 rings (SSSR count). The van der Waals surface area contributed by atoms with Gasteiger partial charge in [-0.3, -0.25) is 4.79 Å². The van der Waals surface area contributed by atoms with Gasteiger partial charge in [0.25, 0.3) is 0 Å². The van der Waals surface area contributed by atoms with Gasteiger partial charge in [0.15, 0.2) is 0 Å². The van der Waals surface area contributed by atoms with Crippen molar-refractivity contribution in [3.63, 3.8) is 0 Å². The van der Waals surface area contributed by atoms with Crippen LogP contribution < -0.4 is 5.32 Å². The van der Waals surface area contributed by atoms with Crippen molar-refractivity contribution in [2.75, 3.05) is 27.2 Å². The lowest BCUT2D eigenvalue weighted by molar-refractivity contribution is -0.125. The Kier molecular flexibility index (Phi) is 7.05. The van der Waals surface area contributed by atoms with Gasteiger partial charge in [0.1, 0.15) is 6.04 Å². The second-order valence-corrected chi connectivity index (χ2v) is 9.47. The lowest BCUT2D eigenvalue weighted by Gasteiger charge is -2.34. The summed E-state index contributed by atoms with van der Waals surface area (Å²) >= 11 is 0. The van der Waals surface area contributed by atoms with Gasteiger partial charge in [-0.05, 0) is 44.6 Å². The monoisotopic (exact) mass is 415 g/mol. The van der Waals surface area contributed by atoms with Gasteiger partial charge in [-0.15, -0.1) is 0 Å². The van der Waals surface area contributed by atoms with E-state index < -0.39 is 16.1 Å². The van der Waals surface area contributed by atoms with Crippen molar-refractivity contribution in [1.29, 1.82) is 0 Å². The summed E-state index contributed by atoms with van der Waals surface area (Å²) in [6.45, 7) is 0.788. The number of likely N-dealkylation sites (N-methyl/N-ethyl adjacent to an activating group) is 1. The first-order chi connectivity index (χ1) is 13.9. The van der Waals surface area contributed by atoms with Crippen molar-refractivity contribution >= 4 is 15.9 Å². The Hall–Kier alpha value is -2.22. The van der Waals surface area contributed by atoms with Crippen LogP contribution in [0.4, 0.5) is 0 Å². The van der Waals surface area contributed by atoms with Crippen molar-refractivity contribution in [3.8, 4) is 0 Å². The minimum Gasteiger partial charge on any atom is -0.353 e. The van der Waals surface area contributed by atoms with Gasteiger partial charge >= 0.3 is 0 Å². The van der Waals surface area contributed by atoms with Gasteiger partial charge in [0, 0.05) is 13.1 Å². The van der Waals surface area contributed by atoms with E-state index in [1.807, 2.05) is 44.4 Å². The molecule has 2 unspecified atom stereocenters. The predicted octanol–water partition coefficient (Wildman–Crippen LogP) is 2.65. The Bertz CT molecular complexity index is 901. The van der Waals surface area contributed by atoms with Gasteiger partial charge in [-0.2, -0.15) is 4.31 Å². The molecule has 1 amide bonds. The minimum absolute atomic E-state index is 0.0166. The van der Waals surface area contributed by atoms with E-state index in [-0.39, 0.29) is 16.8 Å². The summed E-state index contributed by atoms with van der Waals surface area (Å²) in [7, 11) is 0.236. The SMILES string of the molecule is CN(C)C(CNC(=O)C1CCCCN1S(=O)(=O)c1ccccc1)c1ccccc1. The highest BCUT2D eigenvalue weighted by atomic mass is 32.2. The highest BCUT2D eigenvalue weighted by molar-refractivity contribution is 7.89. The smallest absolute Gasteiger partial charge is 0.243 e. The molecule has 1 aliphatic rings. The molecule has 1 N–H and O–H groups in total. The average molecular weight is 416 g/mol. The third-order valence-electron chi connectivity index (χ3n) is 5.38. The van der Waals surface area contributed by atoms with E-state index in [2.05, 4.69) is 10.2 Å². The summed E-state index contributed by atoms with van der Waals surface area (Å²) in [4.78, 5) is 15.3. The van der Waals surface area contributed by atoms with Crippen LogP contribution in [0.5, 0.6) is 0 Å². The molecular formula is C22H29N3O3S. The van der Waals surface area contributed by atoms with Crippen molar-refractivity contribution in [2.24, 2.45) is 0 Å². The molecule has 156 valence electrons. The van der Waals surface area contributed by atoms with E-state index in [1.165, 1.54) is 4.31 Å². The molecule has 0 aliphatic carbocycles. The van der Waals surface area contributed by atoms with E-state index in [1.54, 1.807) is 30.3 Å². The van der Waals surface area contributed by atoms with Gasteiger partial charge in [0.2, 0.25) is 15.9 Å². The number of piperidine rings is 1. The summed E-state index contributed by atoms with van der Waals surface area (Å²) in [5.41, 5.74) is 1.11. The van der Waals surface area contributed by atoms with Crippen LogP contribution in [-0.4, -0.2) is 56.8 Å². The normalized spacial score (nSPS) is 19.1. The summed E-state index contributed by atoms with van der Waals surface area (Å²) < 4.78 is 27.6. The van der Waals surface area contributed by atoms with E-state index in [4.69, 9.17) is 0 Å².